The van der Waals surface area contributed by atoms with E-state index in [4.69, 9.17) is 5.84 Å². The Labute approximate surface area is 80.0 Å². The Morgan fingerprint density at radius 2 is 1.62 bits per heavy atom. The average Bonchev–Trinajstić information content (AvgIpc) is 2.20. The van der Waals surface area contributed by atoms with Crippen LogP contribution < -0.4 is 11.2 Å². The second-order valence-corrected chi connectivity index (χ2v) is 4.05. The molecule has 0 aliphatic carbocycles. The molecule has 0 unspecified atom stereocenters. The number of rotatable bonds is 1. The number of nitrogens with zero attached hydrogens (tertiary/aromatic N) is 2. The molecule has 0 radical (unpaired) electrons. The highest BCUT2D eigenvalue weighted by Gasteiger charge is 2.23. The van der Waals surface area contributed by atoms with Crippen LogP contribution in [-0.2, 0) is 0 Å². The summed E-state index contributed by atoms with van der Waals surface area (Å²) in [7, 11) is 0. The summed E-state index contributed by atoms with van der Waals surface area (Å²) in [5.74, 6) is 5.72. The summed E-state index contributed by atoms with van der Waals surface area (Å²) in [5, 5.41) is 5.33. The lowest BCUT2D eigenvalue weighted by molar-refractivity contribution is 0.0823. The first-order valence-electron chi connectivity index (χ1n) is 5.30. The molecule has 13 heavy (non-hydrogen) atoms. The van der Waals surface area contributed by atoms with Gasteiger partial charge < -0.3 is 5.32 Å². The summed E-state index contributed by atoms with van der Waals surface area (Å²) in [5.41, 5.74) is 0. The Hall–Kier alpha value is -0.160. The first kappa shape index (κ1) is 9.40. The molecule has 2 heterocycles. The van der Waals surface area contributed by atoms with Crippen LogP contribution in [0.2, 0.25) is 0 Å². The van der Waals surface area contributed by atoms with Crippen LogP contribution in [-0.4, -0.2) is 55.2 Å². The molecule has 4 nitrogen and oxygen atoms in total. The normalized spacial score (nSPS) is 29.3. The topological polar surface area (TPSA) is 44.5 Å². The Morgan fingerprint density at radius 3 is 2.23 bits per heavy atom. The second kappa shape index (κ2) is 4.37. The largest absolute Gasteiger partial charge is 0.317 e. The molecule has 2 saturated heterocycles. The van der Waals surface area contributed by atoms with Crippen LogP contribution in [0.15, 0.2) is 0 Å². The lowest BCUT2D eigenvalue weighted by atomic mass is 10.0. The van der Waals surface area contributed by atoms with E-state index in [2.05, 4.69) is 10.2 Å². The Morgan fingerprint density at radius 1 is 1.00 bits per heavy atom. The Balaban J connectivity index is 1.79. The van der Waals surface area contributed by atoms with Crippen molar-refractivity contribution in [2.75, 3.05) is 39.3 Å². The van der Waals surface area contributed by atoms with Crippen molar-refractivity contribution in [1.82, 2.24) is 15.2 Å². The third kappa shape index (κ3) is 2.40. The third-order valence-corrected chi connectivity index (χ3v) is 3.17. The molecule has 0 saturated carbocycles. The number of hydrogen-bond acceptors (Lipinski definition) is 4. The summed E-state index contributed by atoms with van der Waals surface area (Å²) in [6.07, 6.45) is 2.62. The summed E-state index contributed by atoms with van der Waals surface area (Å²) in [6, 6.07) is 0.815. The number of piperazine rings is 1. The minimum Gasteiger partial charge on any atom is -0.317 e. The highest BCUT2D eigenvalue weighted by Crippen LogP contribution is 2.13. The van der Waals surface area contributed by atoms with E-state index in [1.807, 2.05) is 5.01 Å². The molecule has 0 aromatic heterocycles. The molecule has 0 amide bonds. The molecule has 4 heteroatoms. The number of piperidine rings is 1. The van der Waals surface area contributed by atoms with Crippen molar-refractivity contribution < 1.29 is 0 Å². The van der Waals surface area contributed by atoms with Gasteiger partial charge in [-0.3, -0.25) is 10.7 Å². The van der Waals surface area contributed by atoms with Crippen LogP contribution in [0.25, 0.3) is 0 Å². The predicted octanol–water partition coefficient (Wildman–Crippen LogP) is -0.770. The van der Waals surface area contributed by atoms with Gasteiger partial charge in [0.15, 0.2) is 0 Å². The standard InChI is InChI=1S/C9H20N4/c10-13-7-5-12(6-8-13)9-1-3-11-4-2-9/h9,11H,1-8,10H2. The van der Waals surface area contributed by atoms with Gasteiger partial charge in [0, 0.05) is 32.2 Å². The lowest BCUT2D eigenvalue weighted by Gasteiger charge is -2.39. The monoisotopic (exact) mass is 184 g/mol. The van der Waals surface area contributed by atoms with Gasteiger partial charge in [0.1, 0.15) is 0 Å². The van der Waals surface area contributed by atoms with Crippen molar-refractivity contribution in [3.05, 3.63) is 0 Å². The van der Waals surface area contributed by atoms with Crippen LogP contribution in [0.3, 0.4) is 0 Å². The van der Waals surface area contributed by atoms with Crippen LogP contribution in [0.1, 0.15) is 12.8 Å². The highest BCUT2D eigenvalue weighted by molar-refractivity contribution is 4.80. The molecule has 0 atom stereocenters. The van der Waals surface area contributed by atoms with E-state index in [9.17, 15) is 0 Å². The maximum absolute atomic E-state index is 5.72. The number of nitrogens with two attached hydrogens (primary N) is 1. The summed E-state index contributed by atoms with van der Waals surface area (Å²) < 4.78 is 0. The van der Waals surface area contributed by atoms with E-state index in [1.165, 1.54) is 25.9 Å². The minimum absolute atomic E-state index is 0.815. The van der Waals surface area contributed by atoms with Crippen molar-refractivity contribution in [1.29, 1.82) is 0 Å². The fraction of sp³-hybridized carbons (Fsp3) is 1.00. The first-order chi connectivity index (χ1) is 6.36. The second-order valence-electron chi connectivity index (χ2n) is 4.05. The lowest BCUT2D eigenvalue weighted by Crippen LogP contribution is -2.54. The van der Waals surface area contributed by atoms with E-state index in [1.54, 1.807) is 0 Å². The van der Waals surface area contributed by atoms with Crippen LogP contribution in [0, 0.1) is 0 Å². The van der Waals surface area contributed by atoms with Crippen molar-refractivity contribution in [3.63, 3.8) is 0 Å². The quantitative estimate of drug-likeness (QED) is 0.525. The fourth-order valence-electron chi connectivity index (χ4n) is 2.27. The highest BCUT2D eigenvalue weighted by atomic mass is 15.4. The number of nitrogens with one attached hydrogen (secondary N) is 1. The van der Waals surface area contributed by atoms with Crippen LogP contribution in [0.4, 0.5) is 0 Å². The molecular formula is C9H20N4. The van der Waals surface area contributed by atoms with E-state index >= 15 is 0 Å². The van der Waals surface area contributed by atoms with Gasteiger partial charge in [0.05, 0.1) is 0 Å². The van der Waals surface area contributed by atoms with E-state index in [-0.39, 0.29) is 0 Å². The van der Waals surface area contributed by atoms with E-state index in [0.29, 0.717) is 0 Å². The predicted molar refractivity (Wildman–Crippen MR) is 53.2 cm³/mol. The summed E-state index contributed by atoms with van der Waals surface area (Å²) in [4.78, 5) is 2.60. The molecule has 0 aromatic carbocycles. The Bertz CT molecular complexity index is 148. The van der Waals surface area contributed by atoms with Gasteiger partial charge in [0.2, 0.25) is 0 Å². The molecule has 0 bridgehead atoms. The smallest absolute Gasteiger partial charge is 0.0257 e. The zero-order valence-electron chi connectivity index (χ0n) is 8.21. The van der Waals surface area contributed by atoms with Gasteiger partial charge in [-0.2, -0.15) is 0 Å². The average molecular weight is 184 g/mol. The molecular weight excluding hydrogens is 164 g/mol. The molecule has 2 aliphatic heterocycles. The van der Waals surface area contributed by atoms with Crippen LogP contribution in [0.5, 0.6) is 0 Å². The fourth-order valence-corrected chi connectivity index (χ4v) is 2.27. The van der Waals surface area contributed by atoms with Gasteiger partial charge in [0.25, 0.3) is 0 Å². The zero-order valence-corrected chi connectivity index (χ0v) is 8.21. The van der Waals surface area contributed by atoms with Crippen molar-refractivity contribution in [2.24, 2.45) is 5.84 Å². The SMILES string of the molecule is NN1CCN(C2CCNCC2)CC1. The summed E-state index contributed by atoms with van der Waals surface area (Å²) >= 11 is 0. The van der Waals surface area contributed by atoms with Gasteiger partial charge in [-0.1, -0.05) is 0 Å². The zero-order chi connectivity index (χ0) is 9.10. The van der Waals surface area contributed by atoms with Gasteiger partial charge in [-0.25, -0.2) is 5.01 Å². The maximum Gasteiger partial charge on any atom is 0.0257 e. The molecule has 0 spiro atoms. The molecule has 2 aliphatic rings. The maximum atomic E-state index is 5.72. The van der Waals surface area contributed by atoms with Crippen molar-refractivity contribution in [2.45, 2.75) is 18.9 Å². The number of hydrazine groups is 1. The van der Waals surface area contributed by atoms with E-state index in [0.717, 1.165) is 32.2 Å². The van der Waals surface area contributed by atoms with Crippen molar-refractivity contribution >= 4 is 0 Å². The number of hydrogen-bond donors (Lipinski definition) is 2. The first-order valence-corrected chi connectivity index (χ1v) is 5.30. The molecule has 3 N–H and O–H groups in total. The molecule has 2 rings (SSSR count). The van der Waals surface area contributed by atoms with Crippen molar-refractivity contribution in [3.8, 4) is 0 Å². The van der Waals surface area contributed by atoms with Gasteiger partial charge in [-0.05, 0) is 25.9 Å². The molecule has 0 aromatic rings. The minimum atomic E-state index is 0.815. The van der Waals surface area contributed by atoms with Gasteiger partial charge >= 0.3 is 0 Å². The van der Waals surface area contributed by atoms with Crippen LogP contribution >= 0.6 is 0 Å². The summed E-state index contributed by atoms with van der Waals surface area (Å²) in [6.45, 7) is 6.75. The van der Waals surface area contributed by atoms with Gasteiger partial charge in [-0.15, -0.1) is 0 Å². The molecule has 76 valence electrons. The Kier molecular flexibility index (Phi) is 3.16. The van der Waals surface area contributed by atoms with E-state index < -0.39 is 0 Å². The molecule has 2 fully saturated rings. The third-order valence-electron chi connectivity index (χ3n) is 3.17.